The normalized spacial score (nSPS) is 10.0. The van der Waals surface area contributed by atoms with Gasteiger partial charge in [0.1, 0.15) is 17.4 Å². The first kappa shape index (κ1) is 14.6. The first-order chi connectivity index (χ1) is 9.95. The van der Waals surface area contributed by atoms with Crippen LogP contribution in [0.1, 0.15) is 17.3 Å². The van der Waals surface area contributed by atoms with Crippen LogP contribution >= 0.6 is 0 Å². The smallest absolute Gasteiger partial charge is 0.346 e. The number of esters is 1. The van der Waals surface area contributed by atoms with Crippen molar-refractivity contribution >= 4 is 17.6 Å². The third-order valence-corrected chi connectivity index (χ3v) is 2.54. The molecule has 0 heterocycles. The van der Waals surface area contributed by atoms with Gasteiger partial charge >= 0.3 is 5.97 Å². The van der Waals surface area contributed by atoms with Crippen LogP contribution in [0.3, 0.4) is 0 Å². The second kappa shape index (κ2) is 6.13. The summed E-state index contributed by atoms with van der Waals surface area (Å²) < 4.78 is 31.1. The number of anilines is 1. The molecule has 0 aliphatic rings. The van der Waals surface area contributed by atoms with Gasteiger partial charge in [-0.05, 0) is 36.4 Å². The highest BCUT2D eigenvalue weighted by atomic mass is 19.1. The van der Waals surface area contributed by atoms with E-state index in [4.69, 9.17) is 4.74 Å². The van der Waals surface area contributed by atoms with Crippen LogP contribution in [0, 0.1) is 11.6 Å². The molecule has 0 fully saturated rings. The van der Waals surface area contributed by atoms with E-state index < -0.39 is 17.6 Å². The summed E-state index contributed by atoms with van der Waals surface area (Å²) in [7, 11) is 0. The molecule has 0 radical (unpaired) electrons. The van der Waals surface area contributed by atoms with Crippen LogP contribution in [-0.2, 0) is 4.79 Å². The average molecular weight is 291 g/mol. The number of benzene rings is 2. The van der Waals surface area contributed by atoms with Gasteiger partial charge in [0, 0.05) is 18.7 Å². The molecule has 1 N–H and O–H groups in total. The van der Waals surface area contributed by atoms with E-state index in [-0.39, 0.29) is 17.2 Å². The van der Waals surface area contributed by atoms with Crippen LogP contribution in [0.5, 0.6) is 5.75 Å². The number of amides is 1. The molecule has 2 rings (SSSR count). The van der Waals surface area contributed by atoms with E-state index in [1.165, 1.54) is 31.2 Å². The monoisotopic (exact) mass is 291 g/mol. The van der Waals surface area contributed by atoms with Gasteiger partial charge in [-0.25, -0.2) is 13.6 Å². The van der Waals surface area contributed by atoms with Gasteiger partial charge in [0.15, 0.2) is 0 Å². The number of hydrogen-bond acceptors (Lipinski definition) is 3. The molecule has 2 aromatic carbocycles. The molecule has 108 valence electrons. The lowest BCUT2D eigenvalue weighted by atomic mass is 10.2. The van der Waals surface area contributed by atoms with E-state index in [1.807, 2.05) is 0 Å². The lowest BCUT2D eigenvalue weighted by molar-refractivity contribution is -0.114. The molecule has 4 nitrogen and oxygen atoms in total. The minimum absolute atomic E-state index is 0.179. The summed E-state index contributed by atoms with van der Waals surface area (Å²) in [6.45, 7) is 1.37. The standard InChI is InChI=1S/C15H11F2NO3/c1-9(19)18-11-3-5-12(6-4-11)21-15(20)13-7-2-10(16)8-14(13)17/h2-8H,1H3,(H,18,19). The summed E-state index contributed by atoms with van der Waals surface area (Å²) in [5.74, 6) is -2.75. The van der Waals surface area contributed by atoms with E-state index in [0.717, 1.165) is 12.1 Å². The maximum Gasteiger partial charge on any atom is 0.346 e. The molecule has 0 atom stereocenters. The van der Waals surface area contributed by atoms with Crippen molar-refractivity contribution < 1.29 is 23.1 Å². The Bertz CT molecular complexity index is 684. The van der Waals surface area contributed by atoms with Crippen LogP contribution in [-0.4, -0.2) is 11.9 Å². The van der Waals surface area contributed by atoms with Gasteiger partial charge in [0.2, 0.25) is 5.91 Å². The van der Waals surface area contributed by atoms with Crippen molar-refractivity contribution in [2.75, 3.05) is 5.32 Å². The van der Waals surface area contributed by atoms with Crippen LogP contribution in [0.15, 0.2) is 42.5 Å². The zero-order valence-electron chi connectivity index (χ0n) is 11.0. The van der Waals surface area contributed by atoms with E-state index in [0.29, 0.717) is 11.8 Å². The first-order valence-electron chi connectivity index (χ1n) is 6.00. The van der Waals surface area contributed by atoms with Gasteiger partial charge in [-0.15, -0.1) is 0 Å². The molecular formula is C15H11F2NO3. The number of carbonyl (C=O) groups excluding carboxylic acids is 2. The van der Waals surface area contributed by atoms with E-state index in [9.17, 15) is 18.4 Å². The Morgan fingerprint density at radius 2 is 1.71 bits per heavy atom. The quantitative estimate of drug-likeness (QED) is 0.698. The maximum absolute atomic E-state index is 13.4. The highest BCUT2D eigenvalue weighted by Crippen LogP contribution is 2.18. The SMILES string of the molecule is CC(=O)Nc1ccc(OC(=O)c2ccc(F)cc2F)cc1. The highest BCUT2D eigenvalue weighted by Gasteiger charge is 2.14. The number of carbonyl (C=O) groups is 2. The van der Waals surface area contributed by atoms with Crippen molar-refractivity contribution in [3.05, 3.63) is 59.7 Å². The fraction of sp³-hybridized carbons (Fsp3) is 0.0667. The van der Waals surface area contributed by atoms with Gasteiger partial charge in [0.05, 0.1) is 5.56 Å². The Labute approximate surface area is 119 Å². The minimum atomic E-state index is -0.991. The van der Waals surface area contributed by atoms with Crippen molar-refractivity contribution in [3.8, 4) is 5.75 Å². The summed E-state index contributed by atoms with van der Waals surface area (Å²) in [6, 6.07) is 8.56. The van der Waals surface area contributed by atoms with Gasteiger partial charge in [0.25, 0.3) is 0 Å². The van der Waals surface area contributed by atoms with Crippen LogP contribution in [0.4, 0.5) is 14.5 Å². The second-order valence-corrected chi connectivity index (χ2v) is 4.22. The van der Waals surface area contributed by atoms with E-state index in [2.05, 4.69) is 5.32 Å². The maximum atomic E-state index is 13.4. The van der Waals surface area contributed by atoms with Crippen molar-refractivity contribution in [1.82, 2.24) is 0 Å². The molecule has 0 unspecified atom stereocenters. The molecule has 2 aromatic rings. The number of hydrogen-bond donors (Lipinski definition) is 1. The van der Waals surface area contributed by atoms with E-state index in [1.54, 1.807) is 0 Å². The third kappa shape index (κ3) is 3.85. The van der Waals surface area contributed by atoms with Gasteiger partial charge < -0.3 is 10.1 Å². The van der Waals surface area contributed by atoms with Gasteiger partial charge in [-0.3, -0.25) is 4.79 Å². The van der Waals surface area contributed by atoms with Crippen molar-refractivity contribution in [3.63, 3.8) is 0 Å². The summed E-state index contributed by atoms with van der Waals surface area (Å²) >= 11 is 0. The summed E-state index contributed by atoms with van der Waals surface area (Å²) in [5.41, 5.74) is 0.178. The molecule has 6 heteroatoms. The zero-order chi connectivity index (χ0) is 15.4. The Morgan fingerprint density at radius 1 is 1.05 bits per heavy atom. The lowest BCUT2D eigenvalue weighted by Gasteiger charge is -2.06. The molecule has 0 aliphatic heterocycles. The second-order valence-electron chi connectivity index (χ2n) is 4.22. The van der Waals surface area contributed by atoms with Crippen LogP contribution < -0.4 is 10.1 Å². The average Bonchev–Trinajstić information content (AvgIpc) is 2.40. The molecule has 0 bridgehead atoms. The molecular weight excluding hydrogens is 280 g/mol. The van der Waals surface area contributed by atoms with Gasteiger partial charge in [-0.2, -0.15) is 0 Å². The highest BCUT2D eigenvalue weighted by molar-refractivity contribution is 5.91. The van der Waals surface area contributed by atoms with Crippen molar-refractivity contribution in [2.45, 2.75) is 6.92 Å². The van der Waals surface area contributed by atoms with Crippen molar-refractivity contribution in [2.24, 2.45) is 0 Å². The van der Waals surface area contributed by atoms with Crippen molar-refractivity contribution in [1.29, 1.82) is 0 Å². The number of nitrogens with one attached hydrogen (secondary N) is 1. The predicted octanol–water partition coefficient (Wildman–Crippen LogP) is 3.14. The molecule has 0 saturated heterocycles. The number of rotatable bonds is 3. The summed E-state index contributed by atoms with van der Waals surface area (Å²) in [4.78, 5) is 22.6. The summed E-state index contributed by atoms with van der Waals surface area (Å²) in [5, 5.41) is 2.55. The predicted molar refractivity (Wildman–Crippen MR) is 72.1 cm³/mol. The molecule has 0 saturated carbocycles. The Hall–Kier alpha value is -2.76. The van der Waals surface area contributed by atoms with Crippen LogP contribution in [0.2, 0.25) is 0 Å². The topological polar surface area (TPSA) is 55.4 Å². The van der Waals surface area contributed by atoms with Gasteiger partial charge in [-0.1, -0.05) is 0 Å². The fourth-order valence-corrected chi connectivity index (χ4v) is 1.63. The van der Waals surface area contributed by atoms with Crippen LogP contribution in [0.25, 0.3) is 0 Å². The number of ether oxygens (including phenoxy) is 1. The van der Waals surface area contributed by atoms with E-state index >= 15 is 0 Å². The molecule has 0 spiro atoms. The third-order valence-electron chi connectivity index (χ3n) is 2.54. The Morgan fingerprint density at radius 3 is 2.29 bits per heavy atom. The fourth-order valence-electron chi connectivity index (χ4n) is 1.63. The Balaban J connectivity index is 2.10. The largest absolute Gasteiger partial charge is 0.423 e. The molecule has 0 aromatic heterocycles. The zero-order valence-corrected chi connectivity index (χ0v) is 11.0. The molecule has 21 heavy (non-hydrogen) atoms. The summed E-state index contributed by atoms with van der Waals surface area (Å²) in [6.07, 6.45) is 0. The molecule has 0 aliphatic carbocycles. The Kier molecular flexibility index (Phi) is 4.27. The molecule has 1 amide bonds. The lowest BCUT2D eigenvalue weighted by Crippen LogP contribution is -2.11. The minimum Gasteiger partial charge on any atom is -0.423 e. The first-order valence-corrected chi connectivity index (χ1v) is 6.00. The number of halogens is 2.